The molecule has 6 atom stereocenters. The minimum atomic E-state index is -1.54. The summed E-state index contributed by atoms with van der Waals surface area (Å²) in [5, 5.41) is 5.21. The van der Waals surface area contributed by atoms with E-state index in [9.17, 15) is 33.6 Å². The molecule has 2 N–H and O–H groups in total. The van der Waals surface area contributed by atoms with Crippen molar-refractivity contribution in [2.45, 2.75) is 122 Å². The highest BCUT2D eigenvalue weighted by Crippen LogP contribution is 2.36. The van der Waals surface area contributed by atoms with Gasteiger partial charge < -0.3 is 44.1 Å². The highest BCUT2D eigenvalue weighted by Gasteiger charge is 2.54. The Hall–Kier alpha value is -4.89. The van der Waals surface area contributed by atoms with Crippen LogP contribution in [0.5, 0.6) is 5.75 Å². The van der Waals surface area contributed by atoms with E-state index in [4.69, 9.17) is 23.7 Å². The summed E-state index contributed by atoms with van der Waals surface area (Å²) in [6, 6.07) is 3.17. The van der Waals surface area contributed by atoms with Gasteiger partial charge in [0.05, 0.1) is 14.2 Å². The molecule has 4 amide bonds. The van der Waals surface area contributed by atoms with E-state index in [0.717, 1.165) is 7.11 Å². The number of nitrogens with zero attached hydrogens (tertiary/aromatic N) is 2. The first kappa shape index (κ1) is 41.5. The molecule has 1 aromatic rings. The van der Waals surface area contributed by atoms with Gasteiger partial charge in [-0.3, -0.25) is 24.0 Å². The Balaban J connectivity index is 2.02. The van der Waals surface area contributed by atoms with E-state index in [2.05, 4.69) is 10.6 Å². The van der Waals surface area contributed by atoms with Crippen molar-refractivity contribution in [2.24, 2.45) is 0 Å². The Kier molecular flexibility index (Phi) is 14.0. The fourth-order valence-corrected chi connectivity index (χ4v) is 6.67. The largest absolute Gasteiger partial charge is 0.497 e. The van der Waals surface area contributed by atoms with Crippen LogP contribution in [0.2, 0.25) is 0 Å². The lowest BCUT2D eigenvalue weighted by atomic mass is 9.86. The molecule has 2 saturated heterocycles. The number of esters is 3. The number of alkyl carbamates (subject to hydrolysis) is 1. The Morgan fingerprint density at radius 2 is 1.46 bits per heavy atom. The van der Waals surface area contributed by atoms with Crippen LogP contribution in [0.15, 0.2) is 24.3 Å². The number of ether oxygens (including phenoxy) is 5. The van der Waals surface area contributed by atoms with Gasteiger partial charge in [0.1, 0.15) is 41.2 Å². The predicted molar refractivity (Wildman–Crippen MR) is 185 cm³/mol. The van der Waals surface area contributed by atoms with E-state index in [0.29, 0.717) is 24.2 Å². The molecule has 2 aliphatic heterocycles. The Bertz CT molecular complexity index is 1490. The lowest BCUT2D eigenvalue weighted by molar-refractivity contribution is -0.159. The zero-order valence-electron chi connectivity index (χ0n) is 31.4. The molecule has 0 unspecified atom stereocenters. The van der Waals surface area contributed by atoms with Gasteiger partial charge in [-0.25, -0.2) is 9.59 Å². The van der Waals surface area contributed by atoms with Crippen molar-refractivity contribution >= 4 is 41.7 Å². The number of carbonyl (C=O) groups is 7. The fraction of sp³-hybridized carbons (Fsp3) is 0.639. The van der Waals surface area contributed by atoms with Gasteiger partial charge >= 0.3 is 24.0 Å². The quantitative estimate of drug-likeness (QED) is 0.222. The van der Waals surface area contributed by atoms with E-state index in [1.807, 2.05) is 0 Å². The van der Waals surface area contributed by atoms with E-state index < -0.39 is 83.2 Å². The zero-order valence-corrected chi connectivity index (χ0v) is 31.4. The number of carbonyl (C=O) groups excluding carboxylic acids is 7. The van der Waals surface area contributed by atoms with Crippen LogP contribution in [0.4, 0.5) is 4.79 Å². The second kappa shape index (κ2) is 17.6. The van der Waals surface area contributed by atoms with Crippen molar-refractivity contribution in [3.05, 3.63) is 29.8 Å². The van der Waals surface area contributed by atoms with Gasteiger partial charge in [0.25, 0.3) is 0 Å². The van der Waals surface area contributed by atoms with Crippen LogP contribution in [0, 0.1) is 0 Å². The van der Waals surface area contributed by atoms with Gasteiger partial charge in [0.2, 0.25) is 17.7 Å². The molecule has 2 fully saturated rings. The molecule has 0 aromatic heterocycles. The van der Waals surface area contributed by atoms with Crippen LogP contribution < -0.4 is 15.4 Å². The summed E-state index contributed by atoms with van der Waals surface area (Å²) in [6.45, 7) is 10.5. The van der Waals surface area contributed by atoms with E-state index in [1.54, 1.807) is 45.0 Å². The summed E-state index contributed by atoms with van der Waals surface area (Å²) in [6.07, 6.45) is -1.76. The lowest BCUT2D eigenvalue weighted by Gasteiger charge is -2.41. The molecule has 16 nitrogen and oxygen atoms in total. The number of benzene rings is 1. The third kappa shape index (κ3) is 10.3. The molecule has 1 aromatic carbocycles. The van der Waals surface area contributed by atoms with Crippen molar-refractivity contribution in [3.63, 3.8) is 0 Å². The van der Waals surface area contributed by atoms with Crippen molar-refractivity contribution < 1.29 is 57.2 Å². The van der Waals surface area contributed by atoms with E-state index in [1.165, 1.54) is 44.6 Å². The lowest BCUT2D eigenvalue weighted by Crippen LogP contribution is -2.65. The highest BCUT2D eigenvalue weighted by atomic mass is 16.6. The molecule has 3 rings (SSSR count). The number of amides is 4. The normalized spacial score (nSPS) is 20.8. The summed E-state index contributed by atoms with van der Waals surface area (Å²) < 4.78 is 26.1. The van der Waals surface area contributed by atoms with Crippen LogP contribution in [0.1, 0.15) is 79.7 Å². The third-order valence-electron chi connectivity index (χ3n) is 8.98. The predicted octanol–water partition coefficient (Wildman–Crippen LogP) is 2.04. The number of likely N-dealkylation sites (tertiary alicyclic amines) is 2. The molecule has 2 aliphatic rings. The molecule has 0 bridgehead atoms. The molecule has 16 heteroatoms. The molecule has 0 saturated carbocycles. The first-order valence-corrected chi connectivity index (χ1v) is 17.3. The molecule has 0 spiro atoms. The third-order valence-corrected chi connectivity index (χ3v) is 8.98. The van der Waals surface area contributed by atoms with Gasteiger partial charge in [-0.15, -0.1) is 0 Å². The summed E-state index contributed by atoms with van der Waals surface area (Å²) in [4.78, 5) is 95.5. The van der Waals surface area contributed by atoms with E-state index >= 15 is 0 Å². The Morgan fingerprint density at radius 1 is 0.865 bits per heavy atom. The van der Waals surface area contributed by atoms with Gasteiger partial charge in [-0.05, 0) is 78.0 Å². The van der Waals surface area contributed by atoms with Crippen molar-refractivity contribution in [1.82, 2.24) is 20.4 Å². The fourth-order valence-electron chi connectivity index (χ4n) is 6.67. The van der Waals surface area contributed by atoms with Crippen LogP contribution in [0.3, 0.4) is 0 Å². The van der Waals surface area contributed by atoms with Crippen molar-refractivity contribution in [2.75, 3.05) is 27.3 Å². The highest BCUT2D eigenvalue weighted by molar-refractivity contribution is 5.98. The molecule has 0 radical (unpaired) electrons. The maximum atomic E-state index is 14.7. The smallest absolute Gasteiger partial charge is 0.408 e. The van der Waals surface area contributed by atoms with Gasteiger partial charge in [0, 0.05) is 33.4 Å². The van der Waals surface area contributed by atoms with Crippen LogP contribution >= 0.6 is 0 Å². The van der Waals surface area contributed by atoms with Gasteiger partial charge in [-0.1, -0.05) is 12.1 Å². The first-order valence-electron chi connectivity index (χ1n) is 17.3. The van der Waals surface area contributed by atoms with E-state index in [-0.39, 0.29) is 32.4 Å². The van der Waals surface area contributed by atoms with Crippen LogP contribution in [0.25, 0.3) is 0 Å². The zero-order chi connectivity index (χ0) is 39.0. The van der Waals surface area contributed by atoms with Crippen LogP contribution in [-0.4, -0.2) is 120 Å². The molecule has 2 heterocycles. The monoisotopic (exact) mass is 732 g/mol. The first-order chi connectivity index (χ1) is 24.3. The standard InChI is InChI=1S/C36H52N4O12/c1-21(50-23(3)41)28(38-34(47)52-35(5,6)7)31(44)39-18-10-12-27(39)30(43)40-19-11-17-36(40,20-25-13-15-26(48-8)16-14-25)33(46)37-29(32(45)49-9)22(2)51-24(4)42/h13-16,21-22,27-29H,10-12,17-20H2,1-9H3,(H,37,46)(H,38,47)/t21-,22-,27+,28+,29-,36-/m1/s1. The summed E-state index contributed by atoms with van der Waals surface area (Å²) in [5.41, 5.74) is -1.74. The van der Waals surface area contributed by atoms with Gasteiger partial charge in [-0.2, -0.15) is 0 Å². The average Bonchev–Trinajstić information content (AvgIpc) is 3.72. The Morgan fingerprint density at radius 3 is 2.00 bits per heavy atom. The SMILES string of the molecule is COC(=O)[C@H](NC(=O)[C@]1(Cc2ccc(OC)cc2)CCCN1C(=O)[C@@H]1CCCN1C(=O)[C@@H](NC(=O)OC(C)(C)C)[C@@H](C)OC(C)=O)[C@@H](C)OC(C)=O. The second-order valence-corrected chi connectivity index (χ2v) is 14.1. The Labute approximate surface area is 304 Å². The average molecular weight is 733 g/mol. The molecular formula is C36H52N4O12. The van der Waals surface area contributed by atoms with Crippen LogP contribution in [-0.2, 0) is 54.1 Å². The number of hydrogen-bond acceptors (Lipinski definition) is 12. The van der Waals surface area contributed by atoms with Crippen molar-refractivity contribution in [3.8, 4) is 5.75 Å². The minimum absolute atomic E-state index is 0.0391. The molecule has 52 heavy (non-hydrogen) atoms. The molecule has 288 valence electrons. The number of hydrogen-bond donors (Lipinski definition) is 2. The number of rotatable bonds is 13. The molecular weight excluding hydrogens is 680 g/mol. The second-order valence-electron chi connectivity index (χ2n) is 14.1. The maximum Gasteiger partial charge on any atom is 0.408 e. The topological polar surface area (TPSA) is 196 Å². The van der Waals surface area contributed by atoms with Gasteiger partial charge in [0.15, 0.2) is 6.04 Å². The summed E-state index contributed by atoms with van der Waals surface area (Å²) in [5.74, 6) is -3.46. The summed E-state index contributed by atoms with van der Waals surface area (Å²) >= 11 is 0. The number of nitrogens with one attached hydrogen (secondary N) is 2. The maximum absolute atomic E-state index is 14.7. The minimum Gasteiger partial charge on any atom is -0.497 e. The molecule has 0 aliphatic carbocycles. The van der Waals surface area contributed by atoms with Crippen molar-refractivity contribution in [1.29, 1.82) is 0 Å². The number of methoxy groups -OCH3 is 2. The summed E-state index contributed by atoms with van der Waals surface area (Å²) in [7, 11) is 2.66.